The van der Waals surface area contributed by atoms with E-state index in [1.807, 2.05) is 25.8 Å². The number of hydrogen-bond acceptors (Lipinski definition) is 4. The van der Waals surface area contributed by atoms with Crippen molar-refractivity contribution in [1.29, 1.82) is 0 Å². The molecule has 1 aromatic rings. The molecule has 5 nitrogen and oxygen atoms in total. The van der Waals surface area contributed by atoms with Crippen LogP contribution in [0.2, 0.25) is 5.28 Å². The third kappa shape index (κ3) is 1.43. The van der Waals surface area contributed by atoms with Crippen LogP contribution < -0.4 is 10.2 Å². The first-order valence-corrected chi connectivity index (χ1v) is 5.31. The maximum Gasteiger partial charge on any atom is 0.249 e. The highest BCUT2D eigenvalue weighted by Gasteiger charge is 2.39. The van der Waals surface area contributed by atoms with Gasteiger partial charge < -0.3 is 10.2 Å². The average molecular weight is 241 g/mol. The Hall–Kier alpha value is -1.36. The Kier molecular flexibility index (Phi) is 2.31. The predicted octanol–water partition coefficient (Wildman–Crippen LogP) is 1.61. The standard InChI is InChI=1S/C10H13ClN4O/c1-5-6-7(14-9(11)12-5)15(4)10(2,3)8(16)13-6/h1-4H3,(H,13,16). The fraction of sp³-hybridized carbons (Fsp3) is 0.500. The summed E-state index contributed by atoms with van der Waals surface area (Å²) in [4.78, 5) is 21.9. The van der Waals surface area contributed by atoms with Crippen molar-refractivity contribution in [3.05, 3.63) is 11.0 Å². The monoisotopic (exact) mass is 240 g/mol. The summed E-state index contributed by atoms with van der Waals surface area (Å²) in [6.07, 6.45) is 0. The van der Waals surface area contributed by atoms with Crippen LogP contribution in [-0.4, -0.2) is 28.5 Å². The first kappa shape index (κ1) is 11.1. The highest BCUT2D eigenvalue weighted by atomic mass is 35.5. The largest absolute Gasteiger partial charge is 0.344 e. The van der Waals surface area contributed by atoms with E-state index in [9.17, 15) is 4.79 Å². The number of aromatic nitrogens is 2. The van der Waals surface area contributed by atoms with Gasteiger partial charge in [0.25, 0.3) is 0 Å². The van der Waals surface area contributed by atoms with Crippen LogP contribution in [0.4, 0.5) is 11.5 Å². The molecular formula is C10H13ClN4O. The number of aryl methyl sites for hydroxylation is 1. The molecule has 0 radical (unpaired) electrons. The summed E-state index contributed by atoms with van der Waals surface area (Å²) < 4.78 is 0. The van der Waals surface area contributed by atoms with Gasteiger partial charge in [0, 0.05) is 7.05 Å². The van der Waals surface area contributed by atoms with Crippen molar-refractivity contribution in [2.45, 2.75) is 26.3 Å². The minimum absolute atomic E-state index is 0.0727. The average Bonchev–Trinajstić information content (AvgIpc) is 2.18. The number of carbonyl (C=O) groups excluding carboxylic acids is 1. The van der Waals surface area contributed by atoms with Crippen molar-refractivity contribution in [3.8, 4) is 0 Å². The Bertz CT molecular complexity index is 472. The van der Waals surface area contributed by atoms with Gasteiger partial charge in [0.1, 0.15) is 11.2 Å². The van der Waals surface area contributed by atoms with Gasteiger partial charge in [-0.25, -0.2) is 4.98 Å². The lowest BCUT2D eigenvalue weighted by Gasteiger charge is -2.40. The summed E-state index contributed by atoms with van der Waals surface area (Å²) >= 11 is 5.82. The molecule has 0 saturated carbocycles. The second-order valence-corrected chi connectivity index (χ2v) is 4.69. The molecule has 0 unspecified atom stereocenters. The Morgan fingerprint density at radius 3 is 2.62 bits per heavy atom. The van der Waals surface area contributed by atoms with Gasteiger partial charge >= 0.3 is 0 Å². The van der Waals surface area contributed by atoms with E-state index in [-0.39, 0.29) is 11.2 Å². The SMILES string of the molecule is Cc1nc(Cl)nc2c1NC(=O)C(C)(C)N2C. The summed E-state index contributed by atoms with van der Waals surface area (Å²) in [5.74, 6) is 0.582. The number of hydrogen-bond donors (Lipinski definition) is 1. The van der Waals surface area contributed by atoms with E-state index in [4.69, 9.17) is 11.6 Å². The van der Waals surface area contributed by atoms with Crippen LogP contribution in [0.25, 0.3) is 0 Å². The van der Waals surface area contributed by atoms with Crippen LogP contribution in [0.15, 0.2) is 0 Å². The van der Waals surface area contributed by atoms with Crippen molar-refractivity contribution < 1.29 is 4.79 Å². The molecule has 0 fully saturated rings. The van der Waals surface area contributed by atoms with E-state index in [0.717, 1.165) is 0 Å². The summed E-state index contributed by atoms with van der Waals surface area (Å²) in [6.45, 7) is 5.45. The van der Waals surface area contributed by atoms with Crippen molar-refractivity contribution in [1.82, 2.24) is 9.97 Å². The molecular weight excluding hydrogens is 228 g/mol. The number of amides is 1. The molecule has 1 amide bonds. The van der Waals surface area contributed by atoms with Crippen LogP contribution in [0.1, 0.15) is 19.5 Å². The number of nitrogens with zero attached hydrogens (tertiary/aromatic N) is 3. The highest BCUT2D eigenvalue weighted by Crippen LogP contribution is 2.35. The molecule has 0 atom stereocenters. The normalized spacial score (nSPS) is 18.1. The lowest BCUT2D eigenvalue weighted by molar-refractivity contribution is -0.120. The van der Waals surface area contributed by atoms with Gasteiger partial charge in [0.15, 0.2) is 5.82 Å². The molecule has 1 aromatic heterocycles. The molecule has 0 bridgehead atoms. The molecule has 0 aliphatic carbocycles. The fourth-order valence-electron chi connectivity index (χ4n) is 1.60. The van der Waals surface area contributed by atoms with Crippen molar-refractivity contribution >= 4 is 29.0 Å². The molecule has 86 valence electrons. The van der Waals surface area contributed by atoms with Gasteiger partial charge in [-0.05, 0) is 32.4 Å². The van der Waals surface area contributed by atoms with Crippen molar-refractivity contribution in [3.63, 3.8) is 0 Å². The van der Waals surface area contributed by atoms with Gasteiger partial charge in [-0.15, -0.1) is 0 Å². The van der Waals surface area contributed by atoms with E-state index in [0.29, 0.717) is 17.2 Å². The highest BCUT2D eigenvalue weighted by molar-refractivity contribution is 6.28. The quantitative estimate of drug-likeness (QED) is 0.700. The molecule has 0 spiro atoms. The molecule has 1 aliphatic rings. The number of carbonyl (C=O) groups is 1. The molecule has 1 N–H and O–H groups in total. The number of nitrogens with one attached hydrogen (secondary N) is 1. The third-order valence-electron chi connectivity index (χ3n) is 2.99. The van der Waals surface area contributed by atoms with Crippen molar-refractivity contribution in [2.24, 2.45) is 0 Å². The molecule has 0 saturated heterocycles. The minimum Gasteiger partial charge on any atom is -0.344 e. The third-order valence-corrected chi connectivity index (χ3v) is 3.16. The van der Waals surface area contributed by atoms with E-state index in [1.54, 1.807) is 6.92 Å². The lowest BCUT2D eigenvalue weighted by Crippen LogP contribution is -2.54. The Balaban J connectivity index is 2.64. The maximum absolute atomic E-state index is 11.9. The molecule has 2 heterocycles. The van der Waals surface area contributed by atoms with Crippen LogP contribution in [0, 0.1) is 6.92 Å². The van der Waals surface area contributed by atoms with E-state index < -0.39 is 5.54 Å². The number of likely N-dealkylation sites (N-methyl/N-ethyl adjacent to an activating group) is 1. The molecule has 0 aromatic carbocycles. The second kappa shape index (κ2) is 3.31. The van der Waals surface area contributed by atoms with Crippen LogP contribution >= 0.6 is 11.6 Å². The predicted molar refractivity (Wildman–Crippen MR) is 62.9 cm³/mol. The molecule has 2 rings (SSSR count). The number of anilines is 2. The van der Waals surface area contributed by atoms with Gasteiger partial charge in [0.05, 0.1) is 5.69 Å². The first-order valence-electron chi connectivity index (χ1n) is 4.93. The van der Waals surface area contributed by atoms with Gasteiger partial charge in [-0.1, -0.05) is 0 Å². The van der Waals surface area contributed by atoms with Crippen molar-refractivity contribution in [2.75, 3.05) is 17.3 Å². The van der Waals surface area contributed by atoms with Crippen LogP contribution in [-0.2, 0) is 4.79 Å². The topological polar surface area (TPSA) is 58.1 Å². The Morgan fingerprint density at radius 1 is 1.38 bits per heavy atom. The summed E-state index contributed by atoms with van der Waals surface area (Å²) in [6, 6.07) is 0. The zero-order valence-corrected chi connectivity index (χ0v) is 10.4. The fourth-order valence-corrected chi connectivity index (χ4v) is 1.80. The lowest BCUT2D eigenvalue weighted by atomic mass is 9.99. The van der Waals surface area contributed by atoms with E-state index >= 15 is 0 Å². The van der Waals surface area contributed by atoms with Gasteiger partial charge in [0.2, 0.25) is 11.2 Å². The first-order chi connectivity index (χ1) is 7.34. The summed E-state index contributed by atoms with van der Waals surface area (Å²) in [7, 11) is 1.82. The van der Waals surface area contributed by atoms with E-state index in [1.165, 1.54) is 0 Å². The van der Waals surface area contributed by atoms with Crippen LogP contribution in [0.5, 0.6) is 0 Å². The maximum atomic E-state index is 11.9. The smallest absolute Gasteiger partial charge is 0.249 e. The molecule has 16 heavy (non-hydrogen) atoms. The minimum atomic E-state index is -0.642. The number of halogens is 1. The van der Waals surface area contributed by atoms with Gasteiger partial charge in [-0.2, -0.15) is 4.98 Å². The number of fused-ring (bicyclic) bond motifs is 1. The second-order valence-electron chi connectivity index (χ2n) is 4.35. The van der Waals surface area contributed by atoms with E-state index in [2.05, 4.69) is 15.3 Å². The molecule has 1 aliphatic heterocycles. The van der Waals surface area contributed by atoms with Crippen LogP contribution in [0.3, 0.4) is 0 Å². The number of rotatable bonds is 0. The van der Waals surface area contributed by atoms with Gasteiger partial charge in [-0.3, -0.25) is 4.79 Å². The summed E-state index contributed by atoms with van der Waals surface area (Å²) in [5, 5.41) is 3.00. The zero-order chi connectivity index (χ0) is 12.1. The summed E-state index contributed by atoms with van der Waals surface area (Å²) in [5.41, 5.74) is 0.666. The zero-order valence-electron chi connectivity index (χ0n) is 9.63. The molecule has 6 heteroatoms. The Labute approximate surface area is 98.8 Å². The Morgan fingerprint density at radius 2 is 2.00 bits per heavy atom.